The van der Waals surface area contributed by atoms with E-state index in [1.807, 2.05) is 30.9 Å². The van der Waals surface area contributed by atoms with Crippen molar-refractivity contribution in [3.63, 3.8) is 0 Å². The van der Waals surface area contributed by atoms with E-state index in [4.69, 9.17) is 6.11 Å². The fourth-order valence-electron chi connectivity index (χ4n) is 8.79. The Morgan fingerprint density at radius 3 is 1.67 bits per heavy atom. The number of amidine groups is 1. The molecule has 10 heteroatoms. The van der Waals surface area contributed by atoms with Crippen molar-refractivity contribution in [2.24, 2.45) is 4.99 Å². The second kappa shape index (κ2) is 26.9. The van der Waals surface area contributed by atoms with E-state index < -0.39 is 0 Å². The molecule has 4 heterocycles. The largest absolute Gasteiger partial charge is 0.497 e. The van der Waals surface area contributed by atoms with Gasteiger partial charge >= 0.3 is 0 Å². The molecular weight excluding hydrogens is 917 g/mol. The SMILES string of the molecule is CC(C1=NCCN1)c1ccc(Cc2ccccc2)cc1.CCc1ccc(Br)c(CC)c1Cc1ncc[nH]1.COc1cc(C)c(Cc2ncc[nH]2)c(C)c1.[3H]c1ccc(CC)c(Cc2ncc[nH]2)c1CC. The van der Waals surface area contributed by atoms with Gasteiger partial charge in [-0.25, -0.2) is 15.0 Å². The zero-order chi connectivity index (χ0) is 49.8. The first-order valence-electron chi connectivity index (χ1n) is 24.9. The number of ether oxygens (including phenoxy) is 1. The van der Waals surface area contributed by atoms with Crippen molar-refractivity contribution >= 4 is 21.8 Å². The molecule has 0 radical (unpaired) electrons. The lowest BCUT2D eigenvalue weighted by molar-refractivity contribution is 0.414. The number of methoxy groups -OCH3 is 1. The Balaban J connectivity index is 0.000000154. The van der Waals surface area contributed by atoms with E-state index in [1.165, 1.54) is 65.7 Å². The monoisotopic (exact) mass is 989 g/mol. The van der Waals surface area contributed by atoms with Crippen molar-refractivity contribution < 1.29 is 6.11 Å². The predicted molar refractivity (Wildman–Crippen MR) is 289 cm³/mol. The summed E-state index contributed by atoms with van der Waals surface area (Å²) in [5.74, 6) is 5.41. The Morgan fingerprint density at radius 1 is 0.609 bits per heavy atom. The second-order valence-electron chi connectivity index (χ2n) is 17.2. The van der Waals surface area contributed by atoms with Crippen LogP contribution in [0, 0.1) is 13.8 Å². The third kappa shape index (κ3) is 15.0. The van der Waals surface area contributed by atoms with Gasteiger partial charge in [-0.1, -0.05) is 129 Å². The summed E-state index contributed by atoms with van der Waals surface area (Å²) in [6.45, 7) is 17.0. The zero-order valence-corrected chi connectivity index (χ0v) is 43.4. The minimum Gasteiger partial charge on any atom is -0.497 e. The van der Waals surface area contributed by atoms with Gasteiger partial charge in [-0.2, -0.15) is 0 Å². The lowest BCUT2D eigenvalue weighted by atomic mass is 9.95. The molecule has 8 aromatic rings. The Hall–Kier alpha value is -6.52. The molecule has 1 aliphatic rings. The molecule has 0 spiro atoms. The minimum atomic E-state index is 0.364. The quantitative estimate of drug-likeness (QED) is 0.0816. The number of aromatic nitrogens is 6. The van der Waals surface area contributed by atoms with Gasteiger partial charge in [0.15, 0.2) is 0 Å². The molecule has 0 aliphatic carbocycles. The van der Waals surface area contributed by atoms with Gasteiger partial charge in [-0.3, -0.25) is 4.99 Å². The number of hydrogen-bond acceptors (Lipinski definition) is 6. The van der Waals surface area contributed by atoms with E-state index in [0.717, 1.165) is 99.1 Å². The van der Waals surface area contributed by atoms with Crippen molar-refractivity contribution in [3.8, 4) is 5.75 Å². The maximum Gasteiger partial charge on any atom is 0.119 e. The van der Waals surface area contributed by atoms with E-state index in [1.54, 1.807) is 19.5 Å². The first kappa shape index (κ1) is 50.4. The lowest BCUT2D eigenvalue weighted by Gasteiger charge is -2.14. The smallest absolute Gasteiger partial charge is 0.119 e. The maximum absolute atomic E-state index is 7.98. The first-order chi connectivity index (χ1) is 34.0. The molecule has 0 bridgehead atoms. The summed E-state index contributed by atoms with van der Waals surface area (Å²) in [6, 6.07) is 32.6. The van der Waals surface area contributed by atoms with Crippen molar-refractivity contribution in [1.82, 2.24) is 35.2 Å². The molecule has 3 aromatic heterocycles. The number of nitrogens with one attached hydrogen (secondary N) is 4. The van der Waals surface area contributed by atoms with Crippen LogP contribution >= 0.6 is 15.9 Å². The average molecular weight is 990 g/mol. The van der Waals surface area contributed by atoms with E-state index in [2.05, 4.69) is 190 Å². The van der Waals surface area contributed by atoms with Gasteiger partial charge < -0.3 is 25.0 Å². The van der Waals surface area contributed by atoms with E-state index in [0.29, 0.717) is 12.0 Å². The van der Waals surface area contributed by atoms with Crippen LogP contribution in [-0.4, -0.2) is 55.9 Å². The number of hydrogen-bond donors (Lipinski definition) is 4. The third-order valence-electron chi connectivity index (χ3n) is 12.7. The van der Waals surface area contributed by atoms with Gasteiger partial charge in [-0.05, 0) is 131 Å². The second-order valence-corrected chi connectivity index (χ2v) is 18.1. The topological polar surface area (TPSA) is 120 Å². The van der Waals surface area contributed by atoms with Crippen LogP contribution in [0.1, 0.15) is 126 Å². The summed E-state index contributed by atoms with van der Waals surface area (Å²) in [6.07, 6.45) is 18.5. The van der Waals surface area contributed by atoms with Crippen LogP contribution in [0.25, 0.3) is 0 Å². The molecule has 9 nitrogen and oxygen atoms in total. The van der Waals surface area contributed by atoms with Crippen molar-refractivity contribution in [2.75, 3.05) is 20.2 Å². The molecule has 1 unspecified atom stereocenters. The highest BCUT2D eigenvalue weighted by Crippen LogP contribution is 2.27. The van der Waals surface area contributed by atoms with Crippen molar-refractivity contribution in [1.29, 1.82) is 0 Å². The molecule has 1 atom stereocenters. The summed E-state index contributed by atoms with van der Waals surface area (Å²) in [5, 5.41) is 3.36. The van der Waals surface area contributed by atoms with E-state index >= 15 is 0 Å². The van der Waals surface area contributed by atoms with Crippen LogP contribution in [0.3, 0.4) is 0 Å². The Morgan fingerprint density at radius 2 is 1.16 bits per heavy atom. The van der Waals surface area contributed by atoms with Crippen LogP contribution in [0.2, 0.25) is 0 Å². The Labute approximate surface area is 420 Å². The number of H-pyrrole nitrogens is 3. The van der Waals surface area contributed by atoms with Crippen LogP contribution in [0.4, 0.5) is 0 Å². The number of benzene rings is 5. The number of aromatic amines is 3. The van der Waals surface area contributed by atoms with Gasteiger partial charge in [0.25, 0.3) is 0 Å². The maximum atomic E-state index is 7.98. The standard InChI is InChI=1S/C18H20N2.C14H17BrN2.C14H18N2.C13H16N2O/c1-14(18-19-11-12-20-18)17-9-7-16(8-10-17)13-15-5-3-2-4-6-15;1-3-10-5-6-13(15)11(4-2)12(10)9-14-16-7-8-17-14;1-3-11-6-5-7-12(4-2)13(11)10-14-15-8-9-16-14;1-9-6-11(16-3)7-10(2)12(9)8-13-14-4-5-15-13/h2-10,14H,11-13H2,1H3,(H,19,20);5-8H,3-4,9H2,1-2H3,(H,16,17);5-9H,3-4,10H2,1-2H3,(H,15,16);4-7H,8H2,1-3H3,(H,14,15)/i;;6T;. The predicted octanol–water partition coefficient (Wildman–Crippen LogP) is 13.0. The van der Waals surface area contributed by atoms with Gasteiger partial charge in [0.2, 0.25) is 0 Å². The lowest BCUT2D eigenvalue weighted by Crippen LogP contribution is -2.23. The number of aryl methyl sites for hydroxylation is 4. The fraction of sp³-hybridized carbons (Fsp3) is 0.322. The molecule has 0 fully saturated rings. The zero-order valence-electron chi connectivity index (χ0n) is 42.8. The molecule has 0 saturated carbocycles. The Bertz CT molecular complexity index is 2710. The summed E-state index contributed by atoms with van der Waals surface area (Å²) < 4.78 is 14.4. The summed E-state index contributed by atoms with van der Waals surface area (Å²) in [7, 11) is 1.69. The van der Waals surface area contributed by atoms with Crippen molar-refractivity contribution in [3.05, 3.63) is 223 Å². The molecule has 0 amide bonds. The number of aliphatic imine (C=N–C) groups is 1. The van der Waals surface area contributed by atoms with Crippen molar-refractivity contribution in [2.45, 2.75) is 106 Å². The summed E-state index contributed by atoms with van der Waals surface area (Å²) >= 11 is 3.64. The molecule has 1 aliphatic heterocycles. The molecule has 0 saturated heterocycles. The molecule has 69 heavy (non-hydrogen) atoms. The molecule has 5 aromatic carbocycles. The molecule has 4 N–H and O–H groups in total. The number of rotatable bonds is 15. The van der Waals surface area contributed by atoms with Gasteiger partial charge in [0.1, 0.15) is 29.1 Å². The van der Waals surface area contributed by atoms with Crippen LogP contribution < -0.4 is 10.1 Å². The molecular formula is C59H71BrN8O. The number of nitrogens with zero attached hydrogens (tertiary/aromatic N) is 4. The highest BCUT2D eigenvalue weighted by Gasteiger charge is 2.16. The van der Waals surface area contributed by atoms with Crippen LogP contribution in [0.15, 0.2) is 144 Å². The average Bonchev–Trinajstić information content (AvgIpc) is 4.25. The number of halogens is 1. The van der Waals surface area contributed by atoms with E-state index in [-0.39, 0.29) is 0 Å². The van der Waals surface area contributed by atoms with E-state index in [9.17, 15) is 0 Å². The van der Waals surface area contributed by atoms with Gasteiger partial charge in [-0.15, -0.1) is 0 Å². The fourth-order valence-corrected chi connectivity index (χ4v) is 9.45. The molecule has 9 rings (SSSR count). The van der Waals surface area contributed by atoms with Crippen LogP contribution in [-0.2, 0) is 51.4 Å². The minimum absolute atomic E-state index is 0.364. The highest BCUT2D eigenvalue weighted by molar-refractivity contribution is 9.10. The first-order valence-corrected chi connectivity index (χ1v) is 25.2. The number of imidazole rings is 3. The summed E-state index contributed by atoms with van der Waals surface area (Å²) in [4.78, 5) is 26.8. The molecule has 360 valence electrons. The third-order valence-corrected chi connectivity index (χ3v) is 13.4. The highest BCUT2D eigenvalue weighted by atomic mass is 79.9. The normalized spacial score (nSPS) is 12.2. The summed E-state index contributed by atoms with van der Waals surface area (Å²) in [5.41, 5.74) is 15.8. The van der Waals surface area contributed by atoms with Gasteiger partial charge in [0.05, 0.1) is 15.0 Å². The van der Waals surface area contributed by atoms with Crippen LogP contribution in [0.5, 0.6) is 5.75 Å². The Kier molecular flexibility index (Phi) is 19.6. The van der Waals surface area contributed by atoms with Gasteiger partial charge in [0, 0.05) is 73.4 Å².